The number of para-hydroxylation sites is 1. The van der Waals surface area contributed by atoms with Crippen LogP contribution in [-0.2, 0) is 11.8 Å². The molecule has 1 atom stereocenters. The first-order valence-corrected chi connectivity index (χ1v) is 16.0. The minimum Gasteiger partial charge on any atom is -0.455 e. The molecule has 0 bridgehead atoms. The number of benzene rings is 4. The Morgan fingerprint density at radius 3 is 2.13 bits per heavy atom. The van der Waals surface area contributed by atoms with Gasteiger partial charge in [-0.3, -0.25) is 9.20 Å². The van der Waals surface area contributed by atoms with Crippen LogP contribution < -0.4 is 5.56 Å². The second-order valence-electron chi connectivity index (χ2n) is 13.0. The molecule has 4 aliphatic rings. The molecule has 4 aromatic carbocycles. The van der Waals surface area contributed by atoms with Gasteiger partial charge in [0.1, 0.15) is 5.76 Å². The van der Waals surface area contributed by atoms with Gasteiger partial charge < -0.3 is 4.42 Å². The van der Waals surface area contributed by atoms with E-state index in [-0.39, 0.29) is 16.9 Å². The molecule has 0 saturated heterocycles. The Balaban J connectivity index is 1.29. The lowest BCUT2D eigenvalue weighted by atomic mass is 9.67. The Kier molecular flexibility index (Phi) is 4.36. The third kappa shape index (κ3) is 2.69. The van der Waals surface area contributed by atoms with E-state index in [1.807, 2.05) is 4.40 Å². The van der Waals surface area contributed by atoms with Crippen molar-refractivity contribution in [1.82, 2.24) is 4.40 Å². The zero-order valence-corrected chi connectivity index (χ0v) is 24.5. The Labute approximate surface area is 259 Å². The molecule has 3 heteroatoms. The van der Waals surface area contributed by atoms with Crippen LogP contribution in [-0.4, -0.2) is 4.40 Å². The topological polar surface area (TPSA) is 34.6 Å². The van der Waals surface area contributed by atoms with E-state index in [0.717, 1.165) is 47.0 Å². The van der Waals surface area contributed by atoms with Crippen LogP contribution in [0.1, 0.15) is 58.0 Å². The molecular formula is C42H27NO2. The number of hydrogen-bond donors (Lipinski definition) is 0. The summed E-state index contributed by atoms with van der Waals surface area (Å²) in [5, 5.41) is 3.19. The van der Waals surface area contributed by atoms with Crippen molar-refractivity contribution >= 4 is 32.8 Å². The minimum absolute atomic E-state index is 0.0593. The number of hydrogen-bond acceptors (Lipinski definition) is 2. The monoisotopic (exact) mass is 577 g/mol. The molecule has 3 nitrogen and oxygen atoms in total. The van der Waals surface area contributed by atoms with Gasteiger partial charge in [0.15, 0.2) is 5.58 Å². The van der Waals surface area contributed by atoms with Crippen molar-refractivity contribution < 1.29 is 4.42 Å². The Hall–Kier alpha value is -5.41. The van der Waals surface area contributed by atoms with Gasteiger partial charge in [-0.1, -0.05) is 115 Å². The molecule has 3 aromatic heterocycles. The van der Waals surface area contributed by atoms with E-state index in [2.05, 4.69) is 121 Å². The van der Waals surface area contributed by atoms with E-state index in [9.17, 15) is 4.79 Å². The van der Waals surface area contributed by atoms with E-state index in [1.165, 1.54) is 55.5 Å². The summed E-state index contributed by atoms with van der Waals surface area (Å²) < 4.78 is 8.52. The van der Waals surface area contributed by atoms with E-state index in [1.54, 1.807) is 0 Å². The number of furan rings is 1. The number of aryl methyl sites for hydroxylation is 1. The third-order valence-electron chi connectivity index (χ3n) is 11.0. The molecule has 11 rings (SSSR count). The van der Waals surface area contributed by atoms with Crippen LogP contribution in [0.5, 0.6) is 0 Å². The quantitative estimate of drug-likeness (QED) is 0.195. The lowest BCUT2D eigenvalue weighted by Gasteiger charge is -2.34. The maximum atomic E-state index is 14.7. The van der Waals surface area contributed by atoms with E-state index >= 15 is 0 Å². The molecule has 0 amide bonds. The average molecular weight is 578 g/mol. The lowest BCUT2D eigenvalue weighted by Crippen LogP contribution is -2.28. The fourth-order valence-electron chi connectivity index (χ4n) is 9.41. The van der Waals surface area contributed by atoms with E-state index in [4.69, 9.17) is 4.42 Å². The van der Waals surface area contributed by atoms with Crippen LogP contribution >= 0.6 is 0 Å². The molecule has 0 fully saturated rings. The minimum atomic E-state index is -0.377. The van der Waals surface area contributed by atoms with Gasteiger partial charge in [-0.15, -0.1) is 0 Å². The van der Waals surface area contributed by atoms with Crippen molar-refractivity contribution in [3.05, 3.63) is 177 Å². The summed E-state index contributed by atoms with van der Waals surface area (Å²) in [5.74, 6) is 0.995. The van der Waals surface area contributed by atoms with Gasteiger partial charge in [-0.05, 0) is 69.8 Å². The fraction of sp³-hybridized carbons (Fsp3) is 0.119. The van der Waals surface area contributed by atoms with Crippen LogP contribution in [0, 0.1) is 0 Å². The molecule has 212 valence electrons. The zero-order chi connectivity index (χ0) is 29.4. The molecule has 4 aliphatic carbocycles. The van der Waals surface area contributed by atoms with Crippen molar-refractivity contribution in [2.45, 2.75) is 30.6 Å². The van der Waals surface area contributed by atoms with Crippen molar-refractivity contribution in [3.63, 3.8) is 0 Å². The fourth-order valence-corrected chi connectivity index (χ4v) is 9.41. The van der Waals surface area contributed by atoms with Crippen LogP contribution in [0.15, 0.2) is 136 Å². The molecule has 1 unspecified atom stereocenters. The van der Waals surface area contributed by atoms with Crippen LogP contribution in [0.2, 0.25) is 0 Å². The highest BCUT2D eigenvalue weighted by molar-refractivity contribution is 6.14. The number of aromatic nitrogens is 1. The molecule has 0 N–H and O–H groups in total. The predicted octanol–water partition coefficient (Wildman–Crippen LogP) is 9.31. The van der Waals surface area contributed by atoms with Crippen LogP contribution in [0.4, 0.5) is 0 Å². The maximum absolute atomic E-state index is 14.7. The summed E-state index contributed by atoms with van der Waals surface area (Å²) in [6, 6.07) is 35.4. The first-order chi connectivity index (χ1) is 22.3. The molecular weight excluding hydrogens is 550 g/mol. The van der Waals surface area contributed by atoms with Gasteiger partial charge in [0.2, 0.25) is 0 Å². The number of allylic oxidation sites excluding steroid dienone is 5. The number of fused-ring (bicyclic) bond motifs is 15. The van der Waals surface area contributed by atoms with E-state index in [0.29, 0.717) is 5.58 Å². The summed E-state index contributed by atoms with van der Waals surface area (Å²) in [4.78, 5) is 14.7. The average Bonchev–Trinajstić information content (AvgIpc) is 3.84. The number of rotatable bonds is 1. The first-order valence-electron chi connectivity index (χ1n) is 16.0. The summed E-state index contributed by atoms with van der Waals surface area (Å²) in [6.07, 6.45) is 11.2. The standard InChI is InChI=1S/C42H27NO2/c44-41-40-31(23-36(45-40)24-11-2-1-3-12-24)28-17-10-16-27-29-21-22-35-37(39(29)43(41)38(27)28)30-15-6-9-20-34(30)42(35)32-18-7-4-13-25(32)26-14-5-8-19-33(26)42/h1-11,13-20,23-24H,12,21-22H2. The van der Waals surface area contributed by atoms with Crippen LogP contribution in [0.3, 0.4) is 0 Å². The van der Waals surface area contributed by atoms with Gasteiger partial charge >= 0.3 is 0 Å². The van der Waals surface area contributed by atoms with Gasteiger partial charge in [0.25, 0.3) is 5.56 Å². The van der Waals surface area contributed by atoms with Crippen molar-refractivity contribution in [1.29, 1.82) is 0 Å². The van der Waals surface area contributed by atoms with Crippen LogP contribution in [0.25, 0.3) is 44.0 Å². The normalized spacial score (nSPS) is 18.6. The molecule has 0 saturated carbocycles. The highest BCUT2D eigenvalue weighted by Gasteiger charge is 2.54. The molecule has 1 spiro atoms. The van der Waals surface area contributed by atoms with Gasteiger partial charge in [0, 0.05) is 27.6 Å². The van der Waals surface area contributed by atoms with Gasteiger partial charge in [0.05, 0.1) is 16.6 Å². The van der Waals surface area contributed by atoms with Crippen molar-refractivity contribution in [2.75, 3.05) is 0 Å². The van der Waals surface area contributed by atoms with Gasteiger partial charge in [-0.2, -0.15) is 0 Å². The predicted molar refractivity (Wildman–Crippen MR) is 180 cm³/mol. The van der Waals surface area contributed by atoms with Crippen molar-refractivity contribution in [2.24, 2.45) is 0 Å². The zero-order valence-electron chi connectivity index (χ0n) is 24.5. The lowest BCUT2D eigenvalue weighted by molar-refractivity contribution is 0.521. The second kappa shape index (κ2) is 8.19. The highest BCUT2D eigenvalue weighted by atomic mass is 16.3. The molecule has 45 heavy (non-hydrogen) atoms. The number of nitrogens with zero attached hydrogens (tertiary/aromatic N) is 1. The summed E-state index contributed by atoms with van der Waals surface area (Å²) in [7, 11) is 0. The molecule has 3 heterocycles. The first kappa shape index (κ1) is 24.0. The van der Waals surface area contributed by atoms with E-state index < -0.39 is 0 Å². The molecule has 7 aromatic rings. The highest BCUT2D eigenvalue weighted by Crippen LogP contribution is 2.65. The summed E-state index contributed by atoms with van der Waals surface area (Å²) in [5.41, 5.74) is 13.9. The Bertz CT molecular complexity index is 2560. The Morgan fingerprint density at radius 1 is 0.711 bits per heavy atom. The molecule has 0 radical (unpaired) electrons. The number of pyridine rings is 1. The molecule has 0 aliphatic heterocycles. The summed E-state index contributed by atoms with van der Waals surface area (Å²) in [6.45, 7) is 0. The Morgan fingerprint density at radius 2 is 1.40 bits per heavy atom. The van der Waals surface area contributed by atoms with Gasteiger partial charge in [-0.25, -0.2) is 0 Å². The van der Waals surface area contributed by atoms with Crippen molar-refractivity contribution in [3.8, 4) is 11.1 Å². The SMILES string of the molecule is O=c1c2oc(C3C=CC=CC3)cc2c2cccc3c4c(n1c32)C1=C(CC4)C2(c3ccccc31)c1ccccc1-c1ccccc12. The summed E-state index contributed by atoms with van der Waals surface area (Å²) >= 11 is 0. The second-order valence-corrected chi connectivity index (χ2v) is 13.0. The largest absolute Gasteiger partial charge is 0.455 e. The third-order valence-corrected chi connectivity index (χ3v) is 11.0. The smallest absolute Gasteiger partial charge is 0.299 e. The maximum Gasteiger partial charge on any atom is 0.299 e.